The normalized spacial score (nSPS) is 10.2. The molecule has 0 fully saturated rings. The molecule has 1 aromatic heterocycles. The third-order valence-corrected chi connectivity index (χ3v) is 1.89. The fraction of sp³-hybridized carbons (Fsp3) is 0. The Bertz CT molecular complexity index is 467. The number of aromatic nitrogens is 1. The second-order valence-electron chi connectivity index (χ2n) is 2.66. The molecule has 0 saturated carbocycles. The van der Waals surface area contributed by atoms with Crippen LogP contribution in [-0.4, -0.2) is 4.98 Å². The smallest absolute Gasteiger partial charge is 0.133 e. The number of hydrogen-bond acceptors (Lipinski definition) is 4. The SMILES string of the molecule is Nc1c(N=O)ccc2cccnc12. The van der Waals surface area contributed by atoms with Crippen molar-refractivity contribution < 1.29 is 0 Å². The summed E-state index contributed by atoms with van der Waals surface area (Å²) in [5.74, 6) is 0. The van der Waals surface area contributed by atoms with Crippen LogP contribution in [0.2, 0.25) is 0 Å². The fourth-order valence-corrected chi connectivity index (χ4v) is 1.24. The quantitative estimate of drug-likeness (QED) is 0.531. The van der Waals surface area contributed by atoms with Gasteiger partial charge in [-0.25, -0.2) is 0 Å². The first-order valence-electron chi connectivity index (χ1n) is 3.79. The molecule has 13 heavy (non-hydrogen) atoms. The highest BCUT2D eigenvalue weighted by atomic mass is 16.3. The molecule has 0 spiro atoms. The third kappa shape index (κ3) is 1.12. The first kappa shape index (κ1) is 7.67. The fourth-order valence-electron chi connectivity index (χ4n) is 1.24. The van der Waals surface area contributed by atoms with E-state index < -0.39 is 0 Å². The van der Waals surface area contributed by atoms with Crippen molar-refractivity contribution in [3.8, 4) is 0 Å². The van der Waals surface area contributed by atoms with Crippen LogP contribution in [0.15, 0.2) is 35.6 Å². The number of hydrogen-bond donors (Lipinski definition) is 1. The van der Waals surface area contributed by atoms with E-state index in [-0.39, 0.29) is 5.69 Å². The van der Waals surface area contributed by atoms with Gasteiger partial charge in [-0.15, -0.1) is 4.91 Å². The third-order valence-electron chi connectivity index (χ3n) is 1.89. The largest absolute Gasteiger partial charge is 0.395 e. The maximum absolute atomic E-state index is 10.3. The number of rotatable bonds is 1. The molecule has 0 atom stereocenters. The lowest BCUT2D eigenvalue weighted by atomic mass is 10.2. The van der Waals surface area contributed by atoms with Crippen LogP contribution in [0.4, 0.5) is 11.4 Å². The molecule has 1 heterocycles. The van der Waals surface area contributed by atoms with E-state index >= 15 is 0 Å². The minimum Gasteiger partial charge on any atom is -0.395 e. The van der Waals surface area contributed by atoms with Gasteiger partial charge < -0.3 is 5.73 Å². The van der Waals surface area contributed by atoms with Crippen molar-refractivity contribution in [3.63, 3.8) is 0 Å². The van der Waals surface area contributed by atoms with Crippen molar-refractivity contribution in [2.75, 3.05) is 5.73 Å². The van der Waals surface area contributed by atoms with E-state index in [1.165, 1.54) is 0 Å². The van der Waals surface area contributed by atoms with Gasteiger partial charge in [0.15, 0.2) is 0 Å². The van der Waals surface area contributed by atoms with E-state index in [0.717, 1.165) is 5.39 Å². The average molecular weight is 173 g/mol. The Morgan fingerprint density at radius 3 is 2.92 bits per heavy atom. The molecule has 0 aliphatic heterocycles. The van der Waals surface area contributed by atoms with E-state index in [9.17, 15) is 4.91 Å². The Morgan fingerprint density at radius 2 is 2.15 bits per heavy atom. The number of nitroso groups, excluding NO2 is 1. The molecule has 0 aliphatic carbocycles. The van der Waals surface area contributed by atoms with Crippen LogP contribution < -0.4 is 5.73 Å². The van der Waals surface area contributed by atoms with E-state index in [1.54, 1.807) is 18.3 Å². The number of fused-ring (bicyclic) bond motifs is 1. The lowest BCUT2D eigenvalue weighted by Crippen LogP contribution is -1.89. The van der Waals surface area contributed by atoms with Gasteiger partial charge in [0.25, 0.3) is 0 Å². The van der Waals surface area contributed by atoms with Crippen LogP contribution >= 0.6 is 0 Å². The summed E-state index contributed by atoms with van der Waals surface area (Å²) in [7, 11) is 0. The molecule has 4 heteroatoms. The molecule has 0 amide bonds. The summed E-state index contributed by atoms with van der Waals surface area (Å²) in [5, 5.41) is 3.71. The zero-order valence-electron chi connectivity index (χ0n) is 6.77. The van der Waals surface area contributed by atoms with Gasteiger partial charge in [0.1, 0.15) is 5.69 Å². The van der Waals surface area contributed by atoms with Crippen molar-refractivity contribution >= 4 is 22.3 Å². The van der Waals surface area contributed by atoms with Gasteiger partial charge in [0.05, 0.1) is 11.2 Å². The van der Waals surface area contributed by atoms with E-state index in [4.69, 9.17) is 5.73 Å². The predicted octanol–water partition coefficient (Wildman–Crippen LogP) is 2.21. The van der Waals surface area contributed by atoms with E-state index in [2.05, 4.69) is 10.2 Å². The van der Waals surface area contributed by atoms with Gasteiger partial charge in [0, 0.05) is 11.6 Å². The van der Waals surface area contributed by atoms with Gasteiger partial charge in [-0.05, 0) is 17.3 Å². The minimum atomic E-state index is 0.242. The summed E-state index contributed by atoms with van der Waals surface area (Å²) >= 11 is 0. The molecule has 0 saturated heterocycles. The number of nitrogens with two attached hydrogens (primary N) is 1. The molecule has 64 valence electrons. The van der Waals surface area contributed by atoms with Gasteiger partial charge in [-0.2, -0.15) is 0 Å². The zero-order chi connectivity index (χ0) is 9.26. The molecule has 1 aromatic carbocycles. The lowest BCUT2D eigenvalue weighted by molar-refractivity contribution is 1.40. The minimum absolute atomic E-state index is 0.242. The molecule has 0 radical (unpaired) electrons. The standard InChI is InChI=1S/C9H7N3O/c10-8-7(12-13)4-3-6-2-1-5-11-9(6)8/h1-5H,10H2. The highest BCUT2D eigenvalue weighted by Crippen LogP contribution is 2.28. The Kier molecular flexibility index (Phi) is 1.66. The molecule has 2 rings (SSSR count). The molecular weight excluding hydrogens is 166 g/mol. The van der Waals surface area contributed by atoms with Crippen molar-refractivity contribution in [2.24, 2.45) is 5.18 Å². The Morgan fingerprint density at radius 1 is 1.31 bits per heavy atom. The van der Waals surface area contributed by atoms with E-state index in [0.29, 0.717) is 11.2 Å². The second-order valence-corrected chi connectivity index (χ2v) is 2.66. The summed E-state index contributed by atoms with van der Waals surface area (Å²) < 4.78 is 0. The average Bonchev–Trinajstić information content (AvgIpc) is 2.19. The highest BCUT2D eigenvalue weighted by molar-refractivity contribution is 5.94. The van der Waals surface area contributed by atoms with Crippen LogP contribution in [0.3, 0.4) is 0 Å². The van der Waals surface area contributed by atoms with Crippen molar-refractivity contribution in [1.82, 2.24) is 4.98 Å². The second kappa shape index (κ2) is 2.82. The number of nitrogen functional groups attached to an aromatic ring is 1. The van der Waals surface area contributed by atoms with Crippen LogP contribution in [-0.2, 0) is 0 Å². The highest BCUT2D eigenvalue weighted by Gasteiger charge is 2.04. The Balaban J connectivity index is 2.86. The van der Waals surface area contributed by atoms with Gasteiger partial charge >= 0.3 is 0 Å². The number of nitrogens with zero attached hydrogens (tertiary/aromatic N) is 2. The van der Waals surface area contributed by atoms with Gasteiger partial charge in [-0.3, -0.25) is 4.98 Å². The van der Waals surface area contributed by atoms with Crippen LogP contribution in [0, 0.1) is 4.91 Å². The summed E-state index contributed by atoms with van der Waals surface area (Å²) in [5.41, 5.74) is 6.88. The monoisotopic (exact) mass is 173 g/mol. The van der Waals surface area contributed by atoms with Crippen LogP contribution in [0.5, 0.6) is 0 Å². The molecule has 4 nitrogen and oxygen atoms in total. The molecule has 0 bridgehead atoms. The lowest BCUT2D eigenvalue weighted by Gasteiger charge is -2.01. The predicted molar refractivity (Wildman–Crippen MR) is 51.6 cm³/mol. The van der Waals surface area contributed by atoms with Crippen molar-refractivity contribution in [3.05, 3.63) is 35.4 Å². The molecule has 0 unspecified atom stereocenters. The van der Waals surface area contributed by atoms with Gasteiger partial charge in [-0.1, -0.05) is 12.1 Å². The molecule has 0 aliphatic rings. The van der Waals surface area contributed by atoms with Crippen LogP contribution in [0.1, 0.15) is 0 Å². The number of pyridine rings is 1. The maximum atomic E-state index is 10.3. The summed E-state index contributed by atoms with van der Waals surface area (Å²) in [6.07, 6.45) is 1.63. The summed E-state index contributed by atoms with van der Waals surface area (Å²) in [6.45, 7) is 0. The van der Waals surface area contributed by atoms with Crippen LogP contribution in [0.25, 0.3) is 10.9 Å². The summed E-state index contributed by atoms with van der Waals surface area (Å²) in [4.78, 5) is 14.4. The van der Waals surface area contributed by atoms with E-state index in [1.807, 2.05) is 12.1 Å². The Labute approximate surface area is 74.4 Å². The molecule has 2 aromatic rings. The first-order chi connectivity index (χ1) is 6.33. The Hall–Kier alpha value is -1.97. The van der Waals surface area contributed by atoms with Crippen molar-refractivity contribution in [1.29, 1.82) is 0 Å². The van der Waals surface area contributed by atoms with Crippen molar-refractivity contribution in [2.45, 2.75) is 0 Å². The summed E-state index contributed by atoms with van der Waals surface area (Å²) in [6, 6.07) is 7.06. The zero-order valence-corrected chi connectivity index (χ0v) is 6.77. The number of benzene rings is 1. The topological polar surface area (TPSA) is 68.3 Å². The molecular formula is C9H7N3O. The molecule has 2 N–H and O–H groups in total. The van der Waals surface area contributed by atoms with Gasteiger partial charge in [0.2, 0.25) is 0 Å². The maximum Gasteiger partial charge on any atom is 0.133 e. The number of anilines is 1. The first-order valence-corrected chi connectivity index (χ1v) is 3.79.